The number of H-pyrrole nitrogens is 2. The summed E-state index contributed by atoms with van der Waals surface area (Å²) in [5.41, 5.74) is 4.36. The lowest BCUT2D eigenvalue weighted by Gasteiger charge is -2.19. The Balaban J connectivity index is 0.000000858. The van der Waals surface area contributed by atoms with Crippen molar-refractivity contribution in [2.24, 2.45) is 0 Å². The van der Waals surface area contributed by atoms with E-state index in [-0.39, 0.29) is 30.4 Å². The molecule has 31 heavy (non-hydrogen) atoms. The number of carbonyl (C=O) groups excluding carboxylic acids is 2. The number of fused-ring (bicyclic) bond motifs is 1. The highest BCUT2D eigenvalue weighted by molar-refractivity contribution is 6.02. The molecule has 4 rings (SSSR count). The molecular weight excluding hydrogens is 402 g/mol. The van der Waals surface area contributed by atoms with E-state index in [0.717, 1.165) is 22.5 Å². The first-order valence-corrected chi connectivity index (χ1v) is 9.79. The van der Waals surface area contributed by atoms with Gasteiger partial charge < -0.3 is 19.7 Å². The van der Waals surface area contributed by atoms with Crippen LogP contribution in [0.2, 0.25) is 0 Å². The van der Waals surface area contributed by atoms with Gasteiger partial charge in [0, 0.05) is 36.3 Å². The summed E-state index contributed by atoms with van der Waals surface area (Å²) >= 11 is 0. The van der Waals surface area contributed by atoms with Crippen LogP contribution in [0.1, 0.15) is 39.2 Å². The Bertz CT molecular complexity index is 1040. The predicted molar refractivity (Wildman–Crippen MR) is 111 cm³/mol. The van der Waals surface area contributed by atoms with Gasteiger partial charge in [-0.3, -0.25) is 14.7 Å². The first-order chi connectivity index (χ1) is 15.1. The minimum Gasteiger partial charge on any atom is -0.483 e. The number of carboxylic acid groups (broad SMARTS) is 1. The number of hydrogen-bond donors (Lipinski definition) is 3. The SMILES string of the molecule is CCOC(=O)c1[nH]cnc1C(=O)N1CCc2[nH]nc(-c3ccccc3)c2CC1.O=CO. The van der Waals surface area contributed by atoms with E-state index in [1.54, 1.807) is 11.8 Å². The lowest BCUT2D eigenvalue weighted by atomic mass is 10.0. The summed E-state index contributed by atoms with van der Waals surface area (Å²) in [5.74, 6) is -0.845. The maximum Gasteiger partial charge on any atom is 0.357 e. The highest BCUT2D eigenvalue weighted by Gasteiger charge is 2.28. The van der Waals surface area contributed by atoms with E-state index in [4.69, 9.17) is 14.6 Å². The fourth-order valence-electron chi connectivity index (χ4n) is 3.49. The van der Waals surface area contributed by atoms with Crippen molar-refractivity contribution in [3.63, 3.8) is 0 Å². The molecule has 10 heteroatoms. The van der Waals surface area contributed by atoms with Crippen LogP contribution in [-0.2, 0) is 22.4 Å². The van der Waals surface area contributed by atoms with Gasteiger partial charge in [-0.25, -0.2) is 9.78 Å². The van der Waals surface area contributed by atoms with Crippen molar-refractivity contribution >= 4 is 18.3 Å². The molecule has 0 bridgehead atoms. The summed E-state index contributed by atoms with van der Waals surface area (Å²) in [5, 5.41) is 14.5. The zero-order chi connectivity index (χ0) is 22.2. The summed E-state index contributed by atoms with van der Waals surface area (Å²) in [6, 6.07) is 9.99. The molecule has 3 N–H and O–H groups in total. The molecule has 0 unspecified atom stereocenters. The van der Waals surface area contributed by atoms with Gasteiger partial charge in [0.05, 0.1) is 18.6 Å². The van der Waals surface area contributed by atoms with Crippen molar-refractivity contribution in [3.05, 3.63) is 59.3 Å². The van der Waals surface area contributed by atoms with E-state index in [1.807, 2.05) is 30.3 Å². The van der Waals surface area contributed by atoms with Gasteiger partial charge in [-0.1, -0.05) is 30.3 Å². The second-order valence-corrected chi connectivity index (χ2v) is 6.64. The highest BCUT2D eigenvalue weighted by Crippen LogP contribution is 2.27. The Morgan fingerprint density at radius 1 is 1.23 bits per heavy atom. The minimum absolute atomic E-state index is 0.0984. The third-order valence-corrected chi connectivity index (χ3v) is 4.87. The Morgan fingerprint density at radius 2 is 1.94 bits per heavy atom. The van der Waals surface area contributed by atoms with Gasteiger partial charge in [-0.05, 0) is 13.3 Å². The van der Waals surface area contributed by atoms with Gasteiger partial charge in [0.2, 0.25) is 0 Å². The number of aromatic nitrogens is 4. The number of esters is 1. The van der Waals surface area contributed by atoms with E-state index in [9.17, 15) is 9.59 Å². The van der Waals surface area contributed by atoms with Crippen molar-refractivity contribution in [2.45, 2.75) is 19.8 Å². The summed E-state index contributed by atoms with van der Waals surface area (Å²) < 4.78 is 5.00. The van der Waals surface area contributed by atoms with Crippen molar-refractivity contribution in [3.8, 4) is 11.3 Å². The first-order valence-electron chi connectivity index (χ1n) is 9.79. The number of rotatable bonds is 4. The van der Waals surface area contributed by atoms with Crippen LogP contribution in [0.3, 0.4) is 0 Å². The normalized spacial score (nSPS) is 12.7. The van der Waals surface area contributed by atoms with E-state index in [0.29, 0.717) is 25.9 Å². The fourth-order valence-corrected chi connectivity index (χ4v) is 3.49. The topological polar surface area (TPSA) is 141 Å². The lowest BCUT2D eigenvalue weighted by molar-refractivity contribution is -0.122. The van der Waals surface area contributed by atoms with Gasteiger partial charge in [0.15, 0.2) is 11.4 Å². The van der Waals surface area contributed by atoms with Crippen LogP contribution in [0.4, 0.5) is 0 Å². The molecule has 162 valence electrons. The smallest absolute Gasteiger partial charge is 0.357 e. The van der Waals surface area contributed by atoms with Gasteiger partial charge in [-0.2, -0.15) is 5.10 Å². The largest absolute Gasteiger partial charge is 0.483 e. The third kappa shape index (κ3) is 4.80. The molecule has 1 amide bonds. The molecule has 0 saturated carbocycles. The van der Waals surface area contributed by atoms with Crippen molar-refractivity contribution < 1.29 is 24.2 Å². The number of amides is 1. The Morgan fingerprint density at radius 3 is 2.65 bits per heavy atom. The molecule has 2 aromatic heterocycles. The van der Waals surface area contributed by atoms with Crippen LogP contribution in [-0.4, -0.2) is 68.2 Å². The monoisotopic (exact) mass is 425 g/mol. The maximum atomic E-state index is 13.0. The second-order valence-electron chi connectivity index (χ2n) is 6.64. The summed E-state index contributed by atoms with van der Waals surface area (Å²) in [6.45, 7) is 2.76. The zero-order valence-electron chi connectivity index (χ0n) is 17.0. The van der Waals surface area contributed by atoms with Crippen LogP contribution in [0.15, 0.2) is 36.7 Å². The average Bonchev–Trinajstić information content (AvgIpc) is 3.37. The molecule has 0 atom stereocenters. The molecule has 0 fully saturated rings. The fraction of sp³-hybridized carbons (Fsp3) is 0.286. The molecule has 1 aliphatic rings. The van der Waals surface area contributed by atoms with E-state index < -0.39 is 5.97 Å². The molecule has 0 spiro atoms. The van der Waals surface area contributed by atoms with Crippen molar-refractivity contribution in [1.29, 1.82) is 0 Å². The number of imidazole rings is 1. The van der Waals surface area contributed by atoms with Crippen molar-refractivity contribution in [1.82, 2.24) is 25.1 Å². The highest BCUT2D eigenvalue weighted by atomic mass is 16.5. The van der Waals surface area contributed by atoms with E-state index in [1.165, 1.54) is 6.33 Å². The number of ether oxygens (including phenoxy) is 1. The Kier molecular flexibility index (Phi) is 7.15. The summed E-state index contributed by atoms with van der Waals surface area (Å²) in [4.78, 5) is 41.9. The number of hydrogen-bond acceptors (Lipinski definition) is 6. The Labute approximate surface area is 178 Å². The lowest BCUT2D eigenvalue weighted by Crippen LogP contribution is -2.34. The minimum atomic E-state index is -0.570. The third-order valence-electron chi connectivity index (χ3n) is 4.87. The van der Waals surface area contributed by atoms with Crippen LogP contribution in [0.25, 0.3) is 11.3 Å². The molecule has 10 nitrogen and oxygen atoms in total. The number of benzene rings is 1. The van der Waals surface area contributed by atoms with Crippen LogP contribution in [0, 0.1) is 0 Å². The molecule has 0 saturated heterocycles. The number of nitrogens with one attached hydrogen (secondary N) is 2. The molecule has 1 aromatic carbocycles. The average molecular weight is 425 g/mol. The standard InChI is InChI=1S/C20H21N5O3.CH2O2/c1-2-28-20(27)18-17(21-12-22-18)19(26)25-10-8-14-15(9-11-25)23-24-16(14)13-6-4-3-5-7-13;2-1-3/h3-7,12H,2,8-11H2,1H3,(H,21,22)(H,23,24);1H,(H,2,3). The second kappa shape index (κ2) is 10.2. The number of nitrogens with zero attached hydrogens (tertiary/aromatic N) is 3. The van der Waals surface area contributed by atoms with Gasteiger partial charge >= 0.3 is 5.97 Å². The van der Waals surface area contributed by atoms with Crippen LogP contribution >= 0.6 is 0 Å². The Hall–Kier alpha value is -3.95. The summed E-state index contributed by atoms with van der Waals surface area (Å²) in [6.07, 6.45) is 2.69. The molecule has 0 aliphatic carbocycles. The molecule has 3 aromatic rings. The predicted octanol–water partition coefficient (Wildman–Crippen LogP) is 1.92. The first kappa shape index (κ1) is 21.8. The zero-order valence-corrected chi connectivity index (χ0v) is 17.0. The molecule has 1 aliphatic heterocycles. The van der Waals surface area contributed by atoms with Gasteiger partial charge in [-0.15, -0.1) is 0 Å². The molecular formula is C21H23N5O5. The van der Waals surface area contributed by atoms with Gasteiger partial charge in [0.25, 0.3) is 12.4 Å². The quantitative estimate of drug-likeness (QED) is 0.428. The molecule has 0 radical (unpaired) electrons. The summed E-state index contributed by atoms with van der Waals surface area (Å²) in [7, 11) is 0. The van der Waals surface area contributed by atoms with Gasteiger partial charge in [0.1, 0.15) is 0 Å². The number of carbonyl (C=O) groups is 3. The van der Waals surface area contributed by atoms with Crippen LogP contribution < -0.4 is 0 Å². The van der Waals surface area contributed by atoms with Crippen molar-refractivity contribution in [2.75, 3.05) is 19.7 Å². The molecule has 3 heterocycles. The van der Waals surface area contributed by atoms with Crippen LogP contribution in [0.5, 0.6) is 0 Å². The number of aromatic amines is 2. The van der Waals surface area contributed by atoms with E-state index >= 15 is 0 Å². The maximum absolute atomic E-state index is 13.0. The van der Waals surface area contributed by atoms with E-state index in [2.05, 4.69) is 20.2 Å².